The molecule has 2 N–H and O–H groups in total. The van der Waals surface area contributed by atoms with E-state index < -0.39 is 0 Å². The molecule has 0 aromatic heterocycles. The molecule has 0 radical (unpaired) electrons. The molecular formula is C27H27N3O4. The van der Waals surface area contributed by atoms with Crippen LogP contribution in [-0.4, -0.2) is 55.7 Å². The number of carbonyl (C=O) groups excluding carboxylic acids is 2. The first-order valence-electron chi connectivity index (χ1n) is 11.4. The molecule has 2 aliphatic rings. The van der Waals surface area contributed by atoms with Gasteiger partial charge in [-0.2, -0.15) is 0 Å². The molecule has 2 atom stereocenters. The SMILES string of the molecule is COc1ccc(C(=O)Nc2ccc(-c3ccccc3)cc2)cc1NC(=O)CN1C[C@@H]2C[C@H]1CO2. The molecule has 0 aliphatic carbocycles. The van der Waals surface area contributed by atoms with E-state index in [2.05, 4.69) is 15.5 Å². The molecule has 3 aromatic rings. The number of likely N-dealkylation sites (tertiary alicyclic amines) is 1. The number of methoxy groups -OCH3 is 1. The Labute approximate surface area is 198 Å². The molecule has 2 bridgehead atoms. The largest absolute Gasteiger partial charge is 0.495 e. The fourth-order valence-corrected chi connectivity index (χ4v) is 4.57. The Hall–Kier alpha value is -3.68. The van der Waals surface area contributed by atoms with Gasteiger partial charge in [-0.3, -0.25) is 14.5 Å². The van der Waals surface area contributed by atoms with E-state index in [4.69, 9.17) is 9.47 Å². The fourth-order valence-electron chi connectivity index (χ4n) is 4.57. The lowest BCUT2D eigenvalue weighted by atomic mass is 10.1. The average molecular weight is 458 g/mol. The summed E-state index contributed by atoms with van der Waals surface area (Å²) < 4.78 is 11.0. The monoisotopic (exact) mass is 457 g/mol. The van der Waals surface area contributed by atoms with Gasteiger partial charge in [0.2, 0.25) is 5.91 Å². The number of fused-ring (bicyclic) bond motifs is 2. The molecule has 3 aromatic carbocycles. The van der Waals surface area contributed by atoms with Crippen molar-refractivity contribution >= 4 is 23.2 Å². The fraction of sp³-hybridized carbons (Fsp3) is 0.259. The molecule has 5 rings (SSSR count). The lowest BCUT2D eigenvalue weighted by Crippen LogP contribution is -2.41. The molecule has 7 heteroatoms. The van der Waals surface area contributed by atoms with Crippen LogP contribution in [0.3, 0.4) is 0 Å². The number of morpholine rings is 1. The van der Waals surface area contributed by atoms with Crippen molar-refractivity contribution in [3.05, 3.63) is 78.4 Å². The Bertz CT molecular complexity index is 1180. The van der Waals surface area contributed by atoms with Gasteiger partial charge in [0.25, 0.3) is 5.91 Å². The minimum Gasteiger partial charge on any atom is -0.495 e. The maximum Gasteiger partial charge on any atom is 0.255 e. The van der Waals surface area contributed by atoms with Crippen LogP contribution < -0.4 is 15.4 Å². The average Bonchev–Trinajstić information content (AvgIpc) is 3.48. The van der Waals surface area contributed by atoms with Crippen molar-refractivity contribution in [1.82, 2.24) is 4.90 Å². The van der Waals surface area contributed by atoms with Crippen LogP contribution in [0.15, 0.2) is 72.8 Å². The minimum absolute atomic E-state index is 0.139. The van der Waals surface area contributed by atoms with Gasteiger partial charge in [-0.15, -0.1) is 0 Å². The Balaban J connectivity index is 1.25. The van der Waals surface area contributed by atoms with E-state index in [1.807, 2.05) is 54.6 Å². The number of nitrogens with one attached hydrogen (secondary N) is 2. The lowest BCUT2D eigenvalue weighted by Gasteiger charge is -2.26. The second-order valence-corrected chi connectivity index (χ2v) is 8.64. The molecular weight excluding hydrogens is 430 g/mol. The maximum absolute atomic E-state index is 12.9. The quantitative estimate of drug-likeness (QED) is 0.560. The summed E-state index contributed by atoms with van der Waals surface area (Å²) in [5.74, 6) is 0.0999. The number of hydrogen-bond acceptors (Lipinski definition) is 5. The number of anilines is 2. The highest BCUT2D eigenvalue weighted by Gasteiger charge is 2.39. The van der Waals surface area contributed by atoms with E-state index in [1.165, 1.54) is 7.11 Å². The number of benzene rings is 3. The van der Waals surface area contributed by atoms with Crippen molar-refractivity contribution in [1.29, 1.82) is 0 Å². The predicted molar refractivity (Wildman–Crippen MR) is 131 cm³/mol. The maximum atomic E-state index is 12.9. The molecule has 2 heterocycles. The Morgan fingerprint density at radius 1 is 1.00 bits per heavy atom. The Morgan fingerprint density at radius 2 is 1.76 bits per heavy atom. The van der Waals surface area contributed by atoms with E-state index >= 15 is 0 Å². The minimum atomic E-state index is -0.264. The topological polar surface area (TPSA) is 79.9 Å². The van der Waals surface area contributed by atoms with Gasteiger partial charge in [-0.25, -0.2) is 0 Å². The molecule has 2 fully saturated rings. The van der Waals surface area contributed by atoms with E-state index in [9.17, 15) is 9.59 Å². The summed E-state index contributed by atoms with van der Waals surface area (Å²) in [7, 11) is 1.54. The normalized spacial score (nSPS) is 19.1. The van der Waals surface area contributed by atoms with Crippen molar-refractivity contribution in [3.8, 4) is 16.9 Å². The summed E-state index contributed by atoms with van der Waals surface area (Å²) in [5, 5.41) is 5.82. The third-order valence-electron chi connectivity index (χ3n) is 6.35. The number of nitrogens with zero attached hydrogens (tertiary/aromatic N) is 1. The molecule has 2 amide bonds. The van der Waals surface area contributed by atoms with E-state index in [1.54, 1.807) is 18.2 Å². The first-order chi connectivity index (χ1) is 16.6. The van der Waals surface area contributed by atoms with E-state index in [0.29, 0.717) is 35.3 Å². The van der Waals surface area contributed by atoms with Crippen LogP contribution >= 0.6 is 0 Å². The predicted octanol–water partition coefficient (Wildman–Crippen LogP) is 4.03. The molecule has 2 saturated heterocycles. The molecule has 174 valence electrons. The summed E-state index contributed by atoms with van der Waals surface area (Å²) >= 11 is 0. The second-order valence-electron chi connectivity index (χ2n) is 8.64. The highest BCUT2D eigenvalue weighted by atomic mass is 16.5. The first-order valence-corrected chi connectivity index (χ1v) is 11.4. The zero-order chi connectivity index (χ0) is 23.5. The molecule has 0 unspecified atom stereocenters. The highest BCUT2D eigenvalue weighted by molar-refractivity contribution is 6.06. The van der Waals surface area contributed by atoms with Gasteiger partial charge in [0, 0.05) is 23.8 Å². The van der Waals surface area contributed by atoms with Crippen molar-refractivity contribution in [2.75, 3.05) is 37.4 Å². The van der Waals surface area contributed by atoms with Crippen LogP contribution in [0.25, 0.3) is 11.1 Å². The number of hydrogen-bond donors (Lipinski definition) is 2. The lowest BCUT2D eigenvalue weighted by molar-refractivity contribution is -0.118. The molecule has 0 spiro atoms. The smallest absolute Gasteiger partial charge is 0.255 e. The van der Waals surface area contributed by atoms with Crippen LogP contribution in [0.4, 0.5) is 11.4 Å². The summed E-state index contributed by atoms with van der Waals surface area (Å²) in [6.45, 7) is 1.75. The summed E-state index contributed by atoms with van der Waals surface area (Å²) in [4.78, 5) is 27.7. The summed E-state index contributed by atoms with van der Waals surface area (Å²) in [6, 6.07) is 23.1. The van der Waals surface area contributed by atoms with Crippen LogP contribution in [-0.2, 0) is 9.53 Å². The number of amides is 2. The van der Waals surface area contributed by atoms with Gasteiger partial charge in [0.05, 0.1) is 32.1 Å². The van der Waals surface area contributed by atoms with Crippen LogP contribution in [0.1, 0.15) is 16.8 Å². The highest BCUT2D eigenvalue weighted by Crippen LogP contribution is 2.29. The van der Waals surface area contributed by atoms with Crippen molar-refractivity contribution < 1.29 is 19.1 Å². The second kappa shape index (κ2) is 9.67. The van der Waals surface area contributed by atoms with Gasteiger partial charge in [0.1, 0.15) is 5.75 Å². The van der Waals surface area contributed by atoms with Crippen LogP contribution in [0.5, 0.6) is 5.75 Å². The Kier molecular flexibility index (Phi) is 6.29. The van der Waals surface area contributed by atoms with Crippen LogP contribution in [0.2, 0.25) is 0 Å². The molecule has 7 nitrogen and oxygen atoms in total. The van der Waals surface area contributed by atoms with Crippen LogP contribution in [0, 0.1) is 0 Å². The Morgan fingerprint density at radius 3 is 2.44 bits per heavy atom. The number of ether oxygens (including phenoxy) is 2. The zero-order valence-electron chi connectivity index (χ0n) is 19.0. The number of carbonyl (C=O) groups is 2. The molecule has 0 saturated carbocycles. The third-order valence-corrected chi connectivity index (χ3v) is 6.35. The van der Waals surface area contributed by atoms with E-state index in [0.717, 1.165) is 24.1 Å². The van der Waals surface area contributed by atoms with Gasteiger partial charge in [-0.05, 0) is 47.9 Å². The first kappa shape index (κ1) is 22.1. The zero-order valence-corrected chi connectivity index (χ0v) is 19.0. The summed E-state index contributed by atoms with van der Waals surface area (Å²) in [5.41, 5.74) is 3.78. The van der Waals surface area contributed by atoms with Crippen molar-refractivity contribution in [2.24, 2.45) is 0 Å². The van der Waals surface area contributed by atoms with Gasteiger partial charge >= 0.3 is 0 Å². The van der Waals surface area contributed by atoms with Crippen molar-refractivity contribution in [3.63, 3.8) is 0 Å². The van der Waals surface area contributed by atoms with Gasteiger partial charge in [-0.1, -0.05) is 42.5 Å². The molecule has 34 heavy (non-hydrogen) atoms. The third kappa shape index (κ3) is 4.81. The van der Waals surface area contributed by atoms with Gasteiger partial charge in [0.15, 0.2) is 0 Å². The number of rotatable bonds is 7. The van der Waals surface area contributed by atoms with Gasteiger partial charge < -0.3 is 20.1 Å². The molecule has 2 aliphatic heterocycles. The van der Waals surface area contributed by atoms with E-state index in [-0.39, 0.29) is 24.5 Å². The van der Waals surface area contributed by atoms with Crippen molar-refractivity contribution in [2.45, 2.75) is 18.6 Å². The standard InChI is InChI=1S/C27H27N3O4/c1-33-25-12-9-20(13-24(25)29-26(31)16-30-15-23-14-22(30)17-34-23)27(32)28-21-10-7-19(8-11-21)18-5-3-2-4-6-18/h2-13,22-23H,14-17H2,1H3,(H,28,32)(H,29,31)/t22-,23-/m0/s1. The summed E-state index contributed by atoms with van der Waals surface area (Å²) in [6.07, 6.45) is 1.22.